The molecule has 0 amide bonds. The lowest BCUT2D eigenvalue weighted by molar-refractivity contribution is -1.03. The smallest absolute Gasteiger partial charge is 0.214 e. The molecule has 0 spiro atoms. The van der Waals surface area contributed by atoms with Gasteiger partial charge in [-0.15, -0.1) is 5.10 Å². The van der Waals surface area contributed by atoms with E-state index in [2.05, 4.69) is 51.4 Å². The Bertz CT molecular complexity index is 811. The van der Waals surface area contributed by atoms with Gasteiger partial charge < -0.3 is 9.80 Å². The number of nitrogens with zero attached hydrogens (tertiary/aromatic N) is 4. The molecule has 1 saturated heterocycles. The van der Waals surface area contributed by atoms with E-state index in [0.29, 0.717) is 6.04 Å². The standard InChI is InChI=1S/C25H38N6/c1-20-12-14-21(15-13-20)24(25-26-27-28-31(25)23-10-6-3-7-11-23)30-18-16-29(17-19-30)22-8-4-2-5-9-22/h12-15,22-24H,2-11,16-19H2,1H3/p+2/t24-/m1/s1. The number of piperazine rings is 1. The van der Waals surface area contributed by atoms with Gasteiger partial charge in [0.1, 0.15) is 26.2 Å². The lowest BCUT2D eigenvalue weighted by Crippen LogP contribution is -3.29. The van der Waals surface area contributed by atoms with Crippen molar-refractivity contribution in [1.29, 1.82) is 0 Å². The minimum Gasteiger partial charge on any atom is -0.323 e. The van der Waals surface area contributed by atoms with Crippen LogP contribution in [0.5, 0.6) is 0 Å². The Balaban J connectivity index is 1.39. The summed E-state index contributed by atoms with van der Waals surface area (Å²) in [5.74, 6) is 1.09. The summed E-state index contributed by atoms with van der Waals surface area (Å²) in [6, 6.07) is 10.7. The number of hydrogen-bond acceptors (Lipinski definition) is 3. The number of aryl methyl sites for hydroxylation is 1. The van der Waals surface area contributed by atoms with Gasteiger partial charge >= 0.3 is 0 Å². The van der Waals surface area contributed by atoms with Crippen LogP contribution in [0.2, 0.25) is 0 Å². The number of nitrogens with one attached hydrogen (secondary N) is 2. The van der Waals surface area contributed by atoms with Crippen LogP contribution in [0.1, 0.15) is 93.2 Å². The minimum absolute atomic E-state index is 0.241. The van der Waals surface area contributed by atoms with Crippen molar-refractivity contribution in [2.75, 3.05) is 26.2 Å². The lowest BCUT2D eigenvalue weighted by Gasteiger charge is -2.38. The molecule has 2 aliphatic carbocycles. The maximum Gasteiger partial charge on any atom is 0.214 e. The number of hydrogen-bond donors (Lipinski definition) is 2. The average Bonchev–Trinajstić information content (AvgIpc) is 3.31. The maximum atomic E-state index is 4.65. The van der Waals surface area contributed by atoms with Crippen LogP contribution in [0.15, 0.2) is 24.3 Å². The molecule has 2 N–H and O–H groups in total. The molecule has 1 aliphatic heterocycles. The van der Waals surface area contributed by atoms with Gasteiger partial charge in [0.2, 0.25) is 5.82 Å². The monoisotopic (exact) mass is 424 g/mol. The number of quaternary nitrogens is 2. The van der Waals surface area contributed by atoms with Crippen molar-refractivity contribution in [3.8, 4) is 0 Å². The average molecular weight is 425 g/mol. The first kappa shape index (κ1) is 21.1. The molecular formula is C25H40N6+2. The van der Waals surface area contributed by atoms with Crippen LogP contribution < -0.4 is 9.80 Å². The number of benzene rings is 1. The molecule has 6 nitrogen and oxygen atoms in total. The first-order chi connectivity index (χ1) is 15.3. The van der Waals surface area contributed by atoms with E-state index in [1.54, 1.807) is 4.90 Å². The second-order valence-corrected chi connectivity index (χ2v) is 10.3. The molecule has 5 rings (SSSR count). The van der Waals surface area contributed by atoms with E-state index in [4.69, 9.17) is 0 Å². The van der Waals surface area contributed by atoms with Crippen LogP contribution >= 0.6 is 0 Å². The van der Waals surface area contributed by atoms with E-state index in [1.165, 1.54) is 102 Å². The predicted molar refractivity (Wildman–Crippen MR) is 121 cm³/mol. The van der Waals surface area contributed by atoms with Crippen LogP contribution in [0.3, 0.4) is 0 Å². The van der Waals surface area contributed by atoms with E-state index in [9.17, 15) is 0 Å². The molecular weight excluding hydrogens is 384 g/mol. The molecule has 0 radical (unpaired) electrons. The second kappa shape index (κ2) is 9.78. The predicted octanol–water partition coefficient (Wildman–Crippen LogP) is 1.69. The summed E-state index contributed by atoms with van der Waals surface area (Å²) in [6.07, 6.45) is 13.6. The third-order valence-corrected chi connectivity index (χ3v) is 8.23. The fourth-order valence-corrected chi connectivity index (χ4v) is 6.40. The van der Waals surface area contributed by atoms with Crippen LogP contribution in [0.4, 0.5) is 0 Å². The molecule has 168 valence electrons. The third kappa shape index (κ3) is 4.70. The molecule has 1 aromatic carbocycles. The molecule has 2 saturated carbocycles. The Kier molecular flexibility index (Phi) is 6.65. The van der Waals surface area contributed by atoms with Crippen molar-refractivity contribution in [3.05, 3.63) is 41.2 Å². The van der Waals surface area contributed by atoms with Crippen molar-refractivity contribution in [3.63, 3.8) is 0 Å². The fourth-order valence-electron chi connectivity index (χ4n) is 6.40. The highest BCUT2D eigenvalue weighted by molar-refractivity contribution is 5.26. The SMILES string of the molecule is Cc1ccc([C@H](c2nnnn2C2CCCCC2)[NH+]2CC[NH+](C3CCCCC3)CC2)cc1. The molecule has 1 aromatic heterocycles. The Hall–Kier alpha value is -1.79. The zero-order valence-corrected chi connectivity index (χ0v) is 19.2. The second-order valence-electron chi connectivity index (χ2n) is 10.3. The zero-order chi connectivity index (χ0) is 21.0. The van der Waals surface area contributed by atoms with Crippen LogP contribution in [0, 0.1) is 6.92 Å². The van der Waals surface area contributed by atoms with E-state index >= 15 is 0 Å². The quantitative estimate of drug-likeness (QED) is 0.768. The van der Waals surface area contributed by atoms with Gasteiger partial charge in [-0.1, -0.05) is 55.5 Å². The Morgan fingerprint density at radius 3 is 2.16 bits per heavy atom. The highest BCUT2D eigenvalue weighted by atomic mass is 15.6. The van der Waals surface area contributed by atoms with Crippen molar-refractivity contribution in [2.45, 2.75) is 89.3 Å². The van der Waals surface area contributed by atoms with Crippen molar-refractivity contribution >= 4 is 0 Å². The highest BCUT2D eigenvalue weighted by Crippen LogP contribution is 2.30. The molecule has 0 unspecified atom stereocenters. The van der Waals surface area contributed by atoms with E-state index in [1.807, 2.05) is 4.90 Å². The fraction of sp³-hybridized carbons (Fsp3) is 0.720. The van der Waals surface area contributed by atoms with Crippen molar-refractivity contribution in [1.82, 2.24) is 20.2 Å². The maximum absolute atomic E-state index is 4.65. The molecule has 1 atom stereocenters. The topological polar surface area (TPSA) is 52.5 Å². The summed E-state index contributed by atoms with van der Waals surface area (Å²) < 4.78 is 2.21. The third-order valence-electron chi connectivity index (χ3n) is 8.23. The molecule has 2 heterocycles. The van der Waals surface area contributed by atoms with Gasteiger partial charge in [-0.05, 0) is 55.9 Å². The largest absolute Gasteiger partial charge is 0.323 e. The van der Waals surface area contributed by atoms with Gasteiger partial charge in [0.25, 0.3) is 0 Å². The van der Waals surface area contributed by atoms with Crippen LogP contribution in [0.25, 0.3) is 0 Å². The molecule has 0 bridgehead atoms. The van der Waals surface area contributed by atoms with E-state index in [0.717, 1.165) is 11.9 Å². The Labute approximate surface area is 187 Å². The number of rotatable bonds is 5. The Morgan fingerprint density at radius 2 is 1.48 bits per heavy atom. The van der Waals surface area contributed by atoms with Gasteiger partial charge in [-0.2, -0.15) is 0 Å². The molecule has 2 aromatic rings. The van der Waals surface area contributed by atoms with E-state index < -0.39 is 0 Å². The number of aromatic nitrogens is 4. The van der Waals surface area contributed by atoms with Gasteiger partial charge in [0.05, 0.1) is 12.1 Å². The van der Waals surface area contributed by atoms with Crippen LogP contribution in [-0.4, -0.2) is 52.4 Å². The van der Waals surface area contributed by atoms with Gasteiger partial charge in [-0.3, -0.25) is 0 Å². The summed E-state index contributed by atoms with van der Waals surface area (Å²) in [5.41, 5.74) is 2.68. The highest BCUT2D eigenvalue weighted by Gasteiger charge is 2.38. The summed E-state index contributed by atoms with van der Waals surface area (Å²) in [4.78, 5) is 3.51. The zero-order valence-electron chi connectivity index (χ0n) is 19.2. The van der Waals surface area contributed by atoms with Crippen LogP contribution in [-0.2, 0) is 0 Å². The van der Waals surface area contributed by atoms with Gasteiger partial charge in [0, 0.05) is 5.56 Å². The minimum atomic E-state index is 0.241. The first-order valence-electron chi connectivity index (χ1n) is 12.8. The van der Waals surface area contributed by atoms with Gasteiger partial charge in [-0.25, -0.2) is 4.68 Å². The van der Waals surface area contributed by atoms with Crippen molar-refractivity contribution in [2.24, 2.45) is 0 Å². The first-order valence-corrected chi connectivity index (χ1v) is 12.8. The molecule has 3 fully saturated rings. The molecule has 3 aliphatic rings. The van der Waals surface area contributed by atoms with Gasteiger partial charge in [0.15, 0.2) is 6.04 Å². The summed E-state index contributed by atoms with van der Waals surface area (Å²) in [7, 11) is 0. The van der Waals surface area contributed by atoms with E-state index in [-0.39, 0.29) is 6.04 Å². The van der Waals surface area contributed by atoms with Crippen molar-refractivity contribution < 1.29 is 9.80 Å². The summed E-state index contributed by atoms with van der Waals surface area (Å²) >= 11 is 0. The Morgan fingerprint density at radius 1 is 0.839 bits per heavy atom. The molecule has 6 heteroatoms. The summed E-state index contributed by atoms with van der Waals surface area (Å²) in [5, 5.41) is 13.4. The normalized spacial score (nSPS) is 27.3. The molecule has 31 heavy (non-hydrogen) atoms. The number of tetrazole rings is 1. The lowest BCUT2D eigenvalue weighted by atomic mass is 9.93. The summed E-state index contributed by atoms with van der Waals surface area (Å²) in [6.45, 7) is 7.16.